The van der Waals surface area contributed by atoms with Gasteiger partial charge < -0.3 is 10.2 Å². The number of hydrogen-bond acceptors (Lipinski definition) is 4. The van der Waals surface area contributed by atoms with Gasteiger partial charge in [-0.3, -0.25) is 9.58 Å². The number of nitrogens with zero attached hydrogens (tertiary/aromatic N) is 4. The summed E-state index contributed by atoms with van der Waals surface area (Å²) in [5.74, 6) is 1.26. The van der Waals surface area contributed by atoms with Gasteiger partial charge in [0.15, 0.2) is 0 Å². The Morgan fingerprint density at radius 2 is 1.83 bits per heavy atom. The summed E-state index contributed by atoms with van der Waals surface area (Å²) >= 11 is 0. The van der Waals surface area contributed by atoms with Crippen molar-refractivity contribution in [2.24, 2.45) is 13.0 Å². The monoisotopic (exact) mass is 475 g/mol. The fourth-order valence-corrected chi connectivity index (χ4v) is 6.68. The molecule has 1 aromatic carbocycles. The second kappa shape index (κ2) is 10.8. The molecular formula is C30H45N5. The molecule has 3 aliphatic rings. The van der Waals surface area contributed by atoms with Crippen molar-refractivity contribution in [3.8, 4) is 0 Å². The van der Waals surface area contributed by atoms with Gasteiger partial charge in [0.2, 0.25) is 0 Å². The first-order valence-corrected chi connectivity index (χ1v) is 14.1. The number of anilines is 1. The zero-order chi connectivity index (χ0) is 24.4. The van der Waals surface area contributed by atoms with E-state index in [0.29, 0.717) is 6.04 Å². The molecule has 1 unspecified atom stereocenters. The first-order valence-electron chi connectivity index (χ1n) is 14.1. The van der Waals surface area contributed by atoms with Crippen molar-refractivity contribution in [1.29, 1.82) is 0 Å². The molecule has 190 valence electrons. The largest absolute Gasteiger partial charge is 0.369 e. The van der Waals surface area contributed by atoms with Crippen molar-refractivity contribution in [2.75, 3.05) is 31.1 Å². The average Bonchev–Trinajstić information content (AvgIpc) is 3.20. The average molecular weight is 476 g/mol. The highest BCUT2D eigenvalue weighted by atomic mass is 15.3. The third kappa shape index (κ3) is 5.45. The van der Waals surface area contributed by atoms with E-state index in [4.69, 9.17) is 5.10 Å². The molecule has 1 aliphatic carbocycles. The number of fused-ring (bicyclic) bond motifs is 1. The highest BCUT2D eigenvalue weighted by molar-refractivity contribution is 5.86. The normalized spacial score (nSPS) is 23.6. The molecule has 3 heterocycles. The SMILES string of the molecule is C=C1CCC(c2nn(C)c3cc(N4CCN([C@@H](C)CCCC5CCCCC5)CC4)ccc23)C(=C)N1. The van der Waals surface area contributed by atoms with E-state index >= 15 is 0 Å². The standard InChI is InChI=1S/C30H45N5/c1-22-13-15-27(24(3)31-22)30-28-16-14-26(21-29(28)33(4)32-30)35-19-17-34(18-20-35)23(2)9-8-12-25-10-6-5-7-11-25/h14,16,21,23,25,27,31H,1,3,5-13,15,17-20H2,2,4H3/t23-,27?/m0/s1. The number of aryl methyl sites for hydroxylation is 1. The van der Waals surface area contributed by atoms with Gasteiger partial charge in [-0.1, -0.05) is 58.1 Å². The number of rotatable bonds is 7. The molecule has 5 rings (SSSR count). The molecular weight excluding hydrogens is 430 g/mol. The summed E-state index contributed by atoms with van der Waals surface area (Å²) in [4.78, 5) is 5.27. The van der Waals surface area contributed by atoms with Gasteiger partial charge in [0, 0.05) is 67.7 Å². The molecule has 2 aromatic rings. The zero-order valence-electron chi connectivity index (χ0n) is 22.1. The van der Waals surface area contributed by atoms with Crippen LogP contribution in [0.25, 0.3) is 10.9 Å². The van der Waals surface area contributed by atoms with Crippen molar-refractivity contribution in [3.05, 3.63) is 48.4 Å². The summed E-state index contributed by atoms with van der Waals surface area (Å²) in [6.45, 7) is 15.3. The highest BCUT2D eigenvalue weighted by Crippen LogP contribution is 2.37. The lowest BCUT2D eigenvalue weighted by Gasteiger charge is -2.39. The number of piperidine rings is 1. The highest BCUT2D eigenvalue weighted by Gasteiger charge is 2.27. The maximum absolute atomic E-state index is 4.93. The van der Waals surface area contributed by atoms with E-state index in [1.165, 1.54) is 68.0 Å². The van der Waals surface area contributed by atoms with Crippen LogP contribution in [0.2, 0.25) is 0 Å². The van der Waals surface area contributed by atoms with Gasteiger partial charge in [0.05, 0.1) is 11.2 Å². The van der Waals surface area contributed by atoms with E-state index < -0.39 is 0 Å². The summed E-state index contributed by atoms with van der Waals surface area (Å²) in [5.41, 5.74) is 5.77. The van der Waals surface area contributed by atoms with Gasteiger partial charge in [-0.15, -0.1) is 0 Å². The maximum Gasteiger partial charge on any atom is 0.0792 e. The second-order valence-electron chi connectivity index (χ2n) is 11.4. The predicted molar refractivity (Wildman–Crippen MR) is 148 cm³/mol. The van der Waals surface area contributed by atoms with Gasteiger partial charge in [0.1, 0.15) is 0 Å². The third-order valence-corrected chi connectivity index (χ3v) is 8.95. The van der Waals surface area contributed by atoms with E-state index in [2.05, 4.69) is 65.1 Å². The number of allylic oxidation sites excluding steroid dienone is 2. The van der Waals surface area contributed by atoms with Crippen molar-refractivity contribution in [3.63, 3.8) is 0 Å². The zero-order valence-corrected chi connectivity index (χ0v) is 22.1. The minimum absolute atomic E-state index is 0.248. The van der Waals surface area contributed by atoms with Crippen LogP contribution < -0.4 is 10.2 Å². The molecule has 1 saturated carbocycles. The fraction of sp³-hybridized carbons (Fsp3) is 0.633. The molecule has 5 heteroatoms. The molecule has 1 N–H and O–H groups in total. The number of aromatic nitrogens is 2. The Kier molecular flexibility index (Phi) is 7.52. The topological polar surface area (TPSA) is 36.3 Å². The van der Waals surface area contributed by atoms with Gasteiger partial charge >= 0.3 is 0 Å². The van der Waals surface area contributed by atoms with E-state index in [1.54, 1.807) is 0 Å². The molecule has 2 saturated heterocycles. The van der Waals surface area contributed by atoms with Crippen LogP contribution in [-0.2, 0) is 7.05 Å². The Morgan fingerprint density at radius 1 is 1.06 bits per heavy atom. The Hall–Kier alpha value is -2.27. The first kappa shape index (κ1) is 24.4. The molecule has 35 heavy (non-hydrogen) atoms. The Balaban J connectivity index is 1.17. The number of benzene rings is 1. The lowest BCUT2D eigenvalue weighted by atomic mass is 9.85. The van der Waals surface area contributed by atoms with Crippen LogP contribution in [0.1, 0.15) is 82.7 Å². The quantitative estimate of drug-likeness (QED) is 0.508. The van der Waals surface area contributed by atoms with Crippen LogP contribution in [0.4, 0.5) is 5.69 Å². The van der Waals surface area contributed by atoms with Crippen molar-refractivity contribution in [1.82, 2.24) is 20.0 Å². The molecule has 0 spiro atoms. The fourth-order valence-electron chi connectivity index (χ4n) is 6.68. The molecule has 5 nitrogen and oxygen atoms in total. The summed E-state index contributed by atoms with van der Waals surface area (Å²) in [6.07, 6.45) is 13.6. The van der Waals surface area contributed by atoms with Gasteiger partial charge in [0.25, 0.3) is 0 Å². The van der Waals surface area contributed by atoms with E-state index in [-0.39, 0.29) is 5.92 Å². The van der Waals surface area contributed by atoms with Crippen LogP contribution in [0.5, 0.6) is 0 Å². The van der Waals surface area contributed by atoms with Crippen molar-refractivity contribution in [2.45, 2.75) is 83.1 Å². The molecule has 1 aromatic heterocycles. The van der Waals surface area contributed by atoms with Crippen molar-refractivity contribution >= 4 is 16.6 Å². The van der Waals surface area contributed by atoms with Gasteiger partial charge in [-0.05, 0) is 50.3 Å². The minimum Gasteiger partial charge on any atom is -0.369 e. The van der Waals surface area contributed by atoms with Crippen LogP contribution in [-0.4, -0.2) is 46.9 Å². The van der Waals surface area contributed by atoms with E-state index in [0.717, 1.165) is 62.0 Å². The lowest BCUT2D eigenvalue weighted by Crippen LogP contribution is -2.49. The third-order valence-electron chi connectivity index (χ3n) is 8.95. The first-order chi connectivity index (χ1) is 17.0. The molecule has 0 radical (unpaired) electrons. The molecule has 0 amide bonds. The van der Waals surface area contributed by atoms with Crippen LogP contribution in [0.3, 0.4) is 0 Å². The minimum atomic E-state index is 0.248. The molecule has 2 atom stereocenters. The molecule has 2 aliphatic heterocycles. The number of nitrogens with one attached hydrogen (secondary N) is 1. The summed E-state index contributed by atoms with van der Waals surface area (Å²) in [6, 6.07) is 7.63. The van der Waals surface area contributed by atoms with E-state index in [1.807, 2.05) is 0 Å². The molecule has 3 fully saturated rings. The van der Waals surface area contributed by atoms with Crippen LogP contribution >= 0.6 is 0 Å². The Morgan fingerprint density at radius 3 is 2.57 bits per heavy atom. The second-order valence-corrected chi connectivity index (χ2v) is 11.4. The van der Waals surface area contributed by atoms with Gasteiger partial charge in [-0.25, -0.2) is 0 Å². The van der Waals surface area contributed by atoms with Crippen LogP contribution in [0, 0.1) is 5.92 Å². The molecule has 0 bridgehead atoms. The number of piperazine rings is 1. The number of hydrogen-bond donors (Lipinski definition) is 1. The van der Waals surface area contributed by atoms with E-state index in [9.17, 15) is 0 Å². The smallest absolute Gasteiger partial charge is 0.0792 e. The lowest BCUT2D eigenvalue weighted by molar-refractivity contribution is 0.182. The van der Waals surface area contributed by atoms with Crippen molar-refractivity contribution < 1.29 is 0 Å². The Labute approximate surface area is 212 Å². The summed E-state index contributed by atoms with van der Waals surface area (Å²) in [7, 11) is 2.07. The summed E-state index contributed by atoms with van der Waals surface area (Å²) < 4.78 is 2.05. The summed E-state index contributed by atoms with van der Waals surface area (Å²) in [5, 5.41) is 9.54. The van der Waals surface area contributed by atoms with Crippen LogP contribution in [0.15, 0.2) is 42.8 Å². The van der Waals surface area contributed by atoms with Gasteiger partial charge in [-0.2, -0.15) is 5.10 Å². The maximum atomic E-state index is 4.93. The predicted octanol–water partition coefficient (Wildman–Crippen LogP) is 6.33. The Bertz CT molecular complexity index is 1040.